The standard InChI is InChI=1S/C13H15Cl2N3/c1-18-12(16-10-17-18)7-13(8-14,9-15)11-5-3-2-4-6-11/h2-6,10H,7-9H2,1H3. The highest BCUT2D eigenvalue weighted by Crippen LogP contribution is 2.30. The lowest BCUT2D eigenvalue weighted by molar-refractivity contribution is 0.503. The second-order valence-corrected chi connectivity index (χ2v) is 4.92. The van der Waals surface area contributed by atoms with Gasteiger partial charge in [-0.05, 0) is 5.56 Å². The normalized spacial score (nSPS) is 11.7. The molecule has 0 saturated heterocycles. The van der Waals surface area contributed by atoms with Gasteiger partial charge in [0.1, 0.15) is 12.2 Å². The molecule has 0 aliphatic heterocycles. The monoisotopic (exact) mass is 283 g/mol. The second-order valence-electron chi connectivity index (χ2n) is 4.39. The second kappa shape index (κ2) is 5.72. The van der Waals surface area contributed by atoms with E-state index in [0.717, 1.165) is 11.4 Å². The minimum atomic E-state index is -0.300. The fourth-order valence-electron chi connectivity index (χ4n) is 1.96. The predicted molar refractivity (Wildman–Crippen MR) is 74.3 cm³/mol. The van der Waals surface area contributed by atoms with Crippen LogP contribution in [0.3, 0.4) is 0 Å². The summed E-state index contributed by atoms with van der Waals surface area (Å²) in [5.41, 5.74) is 0.837. The van der Waals surface area contributed by atoms with Gasteiger partial charge in [-0.2, -0.15) is 5.10 Å². The molecule has 0 bridgehead atoms. The highest BCUT2D eigenvalue weighted by atomic mass is 35.5. The third kappa shape index (κ3) is 2.52. The molecule has 0 radical (unpaired) electrons. The summed E-state index contributed by atoms with van der Waals surface area (Å²) in [7, 11) is 1.88. The summed E-state index contributed by atoms with van der Waals surface area (Å²) in [6.45, 7) is 0. The van der Waals surface area contributed by atoms with E-state index >= 15 is 0 Å². The first-order valence-electron chi connectivity index (χ1n) is 5.72. The molecule has 18 heavy (non-hydrogen) atoms. The summed E-state index contributed by atoms with van der Waals surface area (Å²) >= 11 is 12.4. The van der Waals surface area contributed by atoms with E-state index in [2.05, 4.69) is 22.2 Å². The molecule has 2 rings (SSSR count). The van der Waals surface area contributed by atoms with Crippen LogP contribution < -0.4 is 0 Å². The highest BCUT2D eigenvalue weighted by molar-refractivity contribution is 6.22. The molecule has 0 spiro atoms. The Morgan fingerprint density at radius 3 is 2.33 bits per heavy atom. The highest BCUT2D eigenvalue weighted by Gasteiger charge is 2.32. The van der Waals surface area contributed by atoms with Gasteiger partial charge in [0.05, 0.1) is 0 Å². The molecule has 0 N–H and O–H groups in total. The molecular formula is C13H15Cl2N3. The van der Waals surface area contributed by atoms with Gasteiger partial charge in [-0.25, -0.2) is 4.98 Å². The van der Waals surface area contributed by atoms with Crippen LogP contribution >= 0.6 is 23.2 Å². The number of aryl methyl sites for hydroxylation is 1. The maximum Gasteiger partial charge on any atom is 0.138 e. The van der Waals surface area contributed by atoms with E-state index in [9.17, 15) is 0 Å². The minimum absolute atomic E-state index is 0.300. The molecule has 0 saturated carbocycles. The number of halogens is 2. The molecule has 0 fully saturated rings. The summed E-state index contributed by atoms with van der Waals surface area (Å²) in [6, 6.07) is 10.1. The van der Waals surface area contributed by atoms with Crippen molar-refractivity contribution in [2.75, 3.05) is 11.8 Å². The van der Waals surface area contributed by atoms with Gasteiger partial charge in [0.2, 0.25) is 0 Å². The first-order chi connectivity index (χ1) is 8.72. The van der Waals surface area contributed by atoms with E-state index < -0.39 is 0 Å². The number of aromatic nitrogens is 3. The molecule has 5 heteroatoms. The van der Waals surface area contributed by atoms with Crippen LogP contribution in [0.2, 0.25) is 0 Å². The van der Waals surface area contributed by atoms with E-state index in [0.29, 0.717) is 18.2 Å². The Balaban J connectivity index is 2.36. The van der Waals surface area contributed by atoms with Gasteiger partial charge in [0, 0.05) is 30.6 Å². The smallest absolute Gasteiger partial charge is 0.138 e. The summed E-state index contributed by atoms with van der Waals surface area (Å²) in [6.07, 6.45) is 2.23. The fraction of sp³-hybridized carbons (Fsp3) is 0.385. The Bertz CT molecular complexity index is 492. The van der Waals surface area contributed by atoms with Crippen molar-refractivity contribution >= 4 is 23.2 Å². The lowest BCUT2D eigenvalue weighted by Crippen LogP contribution is -2.34. The Morgan fingerprint density at radius 2 is 1.83 bits per heavy atom. The number of benzene rings is 1. The summed E-state index contributed by atoms with van der Waals surface area (Å²) in [4.78, 5) is 4.26. The van der Waals surface area contributed by atoms with Crippen molar-refractivity contribution in [1.29, 1.82) is 0 Å². The van der Waals surface area contributed by atoms with Crippen molar-refractivity contribution < 1.29 is 0 Å². The maximum atomic E-state index is 6.19. The van der Waals surface area contributed by atoms with Crippen LogP contribution in [-0.2, 0) is 18.9 Å². The van der Waals surface area contributed by atoms with Gasteiger partial charge >= 0.3 is 0 Å². The van der Waals surface area contributed by atoms with Crippen LogP contribution in [-0.4, -0.2) is 26.5 Å². The average molecular weight is 284 g/mol. The number of nitrogens with zero attached hydrogens (tertiary/aromatic N) is 3. The third-order valence-corrected chi connectivity index (χ3v) is 4.22. The van der Waals surface area contributed by atoms with E-state index in [1.54, 1.807) is 11.0 Å². The number of alkyl halides is 2. The maximum absolute atomic E-state index is 6.19. The largest absolute Gasteiger partial charge is 0.253 e. The minimum Gasteiger partial charge on any atom is -0.253 e. The van der Waals surface area contributed by atoms with Gasteiger partial charge in [-0.1, -0.05) is 30.3 Å². The molecular weight excluding hydrogens is 269 g/mol. The summed E-state index contributed by atoms with van der Waals surface area (Å²) in [5.74, 6) is 1.79. The molecule has 1 heterocycles. The van der Waals surface area contributed by atoms with Gasteiger partial charge in [0.15, 0.2) is 0 Å². The van der Waals surface area contributed by atoms with Crippen molar-refractivity contribution in [2.24, 2.45) is 7.05 Å². The van der Waals surface area contributed by atoms with E-state index in [1.807, 2.05) is 25.2 Å². The van der Waals surface area contributed by atoms with Gasteiger partial charge < -0.3 is 0 Å². The zero-order valence-electron chi connectivity index (χ0n) is 10.2. The van der Waals surface area contributed by atoms with Gasteiger partial charge in [-0.3, -0.25) is 4.68 Å². The third-order valence-electron chi connectivity index (χ3n) is 3.20. The summed E-state index contributed by atoms with van der Waals surface area (Å²) in [5, 5.41) is 4.08. The molecule has 96 valence electrons. The zero-order valence-corrected chi connectivity index (χ0v) is 11.7. The van der Waals surface area contributed by atoms with Crippen LogP contribution in [0.1, 0.15) is 11.4 Å². The Hall–Kier alpha value is -1.06. The Kier molecular flexibility index (Phi) is 4.25. The van der Waals surface area contributed by atoms with Crippen LogP contribution in [0.5, 0.6) is 0 Å². The molecule has 0 aliphatic carbocycles. The SMILES string of the molecule is Cn1ncnc1CC(CCl)(CCl)c1ccccc1. The quantitative estimate of drug-likeness (QED) is 0.790. The Morgan fingerprint density at radius 1 is 1.17 bits per heavy atom. The van der Waals surface area contributed by atoms with Crippen LogP contribution in [0, 0.1) is 0 Å². The average Bonchev–Trinajstić information content (AvgIpc) is 2.82. The molecule has 0 unspecified atom stereocenters. The van der Waals surface area contributed by atoms with Crippen LogP contribution in [0.25, 0.3) is 0 Å². The number of hydrogen-bond acceptors (Lipinski definition) is 2. The van der Waals surface area contributed by atoms with E-state index in [4.69, 9.17) is 23.2 Å². The van der Waals surface area contributed by atoms with Gasteiger partial charge in [0.25, 0.3) is 0 Å². The molecule has 0 amide bonds. The topological polar surface area (TPSA) is 30.7 Å². The van der Waals surface area contributed by atoms with Crippen molar-refractivity contribution in [3.05, 3.63) is 48.0 Å². The molecule has 1 aromatic heterocycles. The van der Waals surface area contributed by atoms with Crippen molar-refractivity contribution in [3.63, 3.8) is 0 Å². The van der Waals surface area contributed by atoms with Crippen molar-refractivity contribution in [2.45, 2.75) is 11.8 Å². The lowest BCUT2D eigenvalue weighted by atomic mass is 9.81. The molecule has 1 aromatic carbocycles. The number of hydrogen-bond donors (Lipinski definition) is 0. The fourth-order valence-corrected chi connectivity index (χ4v) is 2.74. The first kappa shape index (κ1) is 13.4. The lowest BCUT2D eigenvalue weighted by Gasteiger charge is -2.29. The molecule has 0 aliphatic rings. The van der Waals surface area contributed by atoms with Crippen LogP contribution in [0.15, 0.2) is 36.7 Å². The molecule has 2 aromatic rings. The van der Waals surface area contributed by atoms with E-state index in [-0.39, 0.29) is 5.41 Å². The summed E-state index contributed by atoms with van der Waals surface area (Å²) < 4.78 is 1.76. The van der Waals surface area contributed by atoms with E-state index in [1.165, 1.54) is 0 Å². The first-order valence-corrected chi connectivity index (χ1v) is 6.79. The molecule has 0 atom stereocenters. The predicted octanol–water partition coefficient (Wildman–Crippen LogP) is 2.77. The van der Waals surface area contributed by atoms with Crippen molar-refractivity contribution in [3.8, 4) is 0 Å². The molecule has 3 nitrogen and oxygen atoms in total. The van der Waals surface area contributed by atoms with Gasteiger partial charge in [-0.15, -0.1) is 23.2 Å². The number of rotatable bonds is 5. The Labute approximate surface area is 117 Å². The van der Waals surface area contributed by atoms with Crippen LogP contribution in [0.4, 0.5) is 0 Å². The van der Waals surface area contributed by atoms with Crippen molar-refractivity contribution in [1.82, 2.24) is 14.8 Å². The zero-order chi connectivity index (χ0) is 13.0.